The predicted molar refractivity (Wildman–Crippen MR) is 106 cm³/mol. The van der Waals surface area contributed by atoms with E-state index in [-0.39, 0.29) is 12.4 Å². The largest absolute Gasteiger partial charge is 0.497 e. The lowest BCUT2D eigenvalue weighted by Gasteiger charge is -2.06. The number of hydrogen-bond donors (Lipinski definition) is 2. The molecule has 2 aromatic carbocycles. The number of carbonyl (C=O) groups excluding carboxylic acids is 2. The van der Waals surface area contributed by atoms with E-state index in [1.807, 2.05) is 5.38 Å². The van der Waals surface area contributed by atoms with Crippen molar-refractivity contribution in [2.24, 2.45) is 0 Å². The Morgan fingerprint density at radius 3 is 2.46 bits per heavy atom. The molecule has 2 amide bonds. The van der Waals surface area contributed by atoms with Gasteiger partial charge in [-0.2, -0.15) is 0 Å². The fourth-order valence-corrected chi connectivity index (χ4v) is 3.25. The summed E-state index contributed by atoms with van der Waals surface area (Å²) in [7, 11) is 1.55. The van der Waals surface area contributed by atoms with Crippen LogP contribution in [0.1, 0.15) is 5.69 Å². The Labute approximate surface area is 165 Å². The highest BCUT2D eigenvalue weighted by Gasteiger charge is 2.13. The van der Waals surface area contributed by atoms with Crippen LogP contribution in [0.3, 0.4) is 0 Å². The van der Waals surface area contributed by atoms with Crippen molar-refractivity contribution in [3.63, 3.8) is 0 Å². The highest BCUT2D eigenvalue weighted by Crippen LogP contribution is 2.24. The zero-order valence-corrected chi connectivity index (χ0v) is 15.9. The first-order valence-corrected chi connectivity index (χ1v) is 9.36. The molecule has 0 unspecified atom stereocenters. The van der Waals surface area contributed by atoms with E-state index < -0.39 is 11.8 Å². The molecule has 8 heteroatoms. The molecule has 0 atom stereocenters. The number of ether oxygens (including phenoxy) is 1. The minimum Gasteiger partial charge on any atom is -0.497 e. The van der Waals surface area contributed by atoms with E-state index in [9.17, 15) is 14.0 Å². The van der Waals surface area contributed by atoms with Gasteiger partial charge >= 0.3 is 11.8 Å². The minimum absolute atomic E-state index is 0.279. The molecule has 0 saturated carbocycles. The van der Waals surface area contributed by atoms with Crippen LogP contribution in [-0.4, -0.2) is 30.5 Å². The quantitative estimate of drug-likeness (QED) is 0.624. The number of anilines is 1. The molecule has 0 bridgehead atoms. The summed E-state index contributed by atoms with van der Waals surface area (Å²) >= 11 is 1.44. The molecule has 2 N–H and O–H groups in total. The summed E-state index contributed by atoms with van der Waals surface area (Å²) in [6, 6.07) is 12.8. The topological polar surface area (TPSA) is 80.3 Å². The molecule has 6 nitrogen and oxygen atoms in total. The number of rotatable bonds is 6. The molecule has 0 radical (unpaired) electrons. The maximum Gasteiger partial charge on any atom is 0.313 e. The molecule has 3 aromatic rings. The van der Waals surface area contributed by atoms with Crippen molar-refractivity contribution in [3.05, 3.63) is 65.4 Å². The third-order valence-electron chi connectivity index (χ3n) is 3.86. The number of nitrogens with one attached hydrogen (secondary N) is 2. The van der Waals surface area contributed by atoms with Crippen molar-refractivity contribution in [1.29, 1.82) is 0 Å². The van der Waals surface area contributed by atoms with Gasteiger partial charge in [-0.25, -0.2) is 9.37 Å². The second-order valence-corrected chi connectivity index (χ2v) is 6.70. The van der Waals surface area contributed by atoms with E-state index in [1.54, 1.807) is 43.5 Å². The summed E-state index contributed by atoms with van der Waals surface area (Å²) in [5.74, 6) is -1.10. The first-order chi connectivity index (χ1) is 13.5. The van der Waals surface area contributed by atoms with E-state index in [0.29, 0.717) is 17.9 Å². The third kappa shape index (κ3) is 5.14. The van der Waals surface area contributed by atoms with Gasteiger partial charge in [-0.15, -0.1) is 11.3 Å². The summed E-state index contributed by atoms with van der Waals surface area (Å²) in [5, 5.41) is 7.74. The van der Waals surface area contributed by atoms with Gasteiger partial charge in [0.25, 0.3) is 0 Å². The maximum atomic E-state index is 13.0. The van der Waals surface area contributed by atoms with E-state index >= 15 is 0 Å². The van der Waals surface area contributed by atoms with Crippen LogP contribution < -0.4 is 15.4 Å². The average Bonchev–Trinajstić information content (AvgIpc) is 3.18. The van der Waals surface area contributed by atoms with Gasteiger partial charge in [0.15, 0.2) is 0 Å². The summed E-state index contributed by atoms with van der Waals surface area (Å²) in [6.45, 7) is 0.279. The lowest BCUT2D eigenvalue weighted by atomic mass is 10.2. The fraction of sp³-hybridized carbons (Fsp3) is 0.150. The number of aromatic nitrogens is 1. The van der Waals surface area contributed by atoms with E-state index in [4.69, 9.17) is 4.74 Å². The Bertz CT molecular complexity index is 956. The summed E-state index contributed by atoms with van der Waals surface area (Å²) < 4.78 is 18.0. The van der Waals surface area contributed by atoms with Crippen LogP contribution in [0.5, 0.6) is 5.75 Å². The van der Waals surface area contributed by atoms with Gasteiger partial charge in [0.05, 0.1) is 12.8 Å². The number of benzene rings is 2. The number of amides is 2. The fourth-order valence-electron chi connectivity index (χ4n) is 2.39. The van der Waals surface area contributed by atoms with Crippen molar-refractivity contribution in [2.45, 2.75) is 6.42 Å². The molecular weight excluding hydrogens is 381 g/mol. The second-order valence-electron chi connectivity index (χ2n) is 5.84. The van der Waals surface area contributed by atoms with Crippen LogP contribution >= 0.6 is 11.3 Å². The predicted octanol–water partition coefficient (Wildman–Crippen LogP) is 3.26. The number of halogens is 1. The molecule has 28 heavy (non-hydrogen) atoms. The van der Waals surface area contributed by atoms with Crippen LogP contribution in [0, 0.1) is 5.82 Å². The maximum absolute atomic E-state index is 13.0. The standard InChI is InChI=1S/C20H18FN3O3S/c1-27-17-8-6-15(7-9-17)23-19(26)18(25)22-11-10-16-12-28-20(24-16)13-2-4-14(21)5-3-13/h2-9,12H,10-11H2,1H3,(H,22,25)(H,23,26). The van der Waals surface area contributed by atoms with E-state index in [0.717, 1.165) is 16.3 Å². The van der Waals surface area contributed by atoms with Gasteiger partial charge in [0.1, 0.15) is 16.6 Å². The molecule has 0 fully saturated rings. The molecule has 0 aliphatic carbocycles. The van der Waals surface area contributed by atoms with Gasteiger partial charge in [-0.1, -0.05) is 0 Å². The smallest absolute Gasteiger partial charge is 0.313 e. The Hall–Kier alpha value is -3.26. The van der Waals surface area contributed by atoms with Crippen molar-refractivity contribution >= 4 is 28.8 Å². The molecule has 1 heterocycles. The molecule has 3 rings (SSSR count). The van der Waals surface area contributed by atoms with Crippen LogP contribution in [-0.2, 0) is 16.0 Å². The van der Waals surface area contributed by atoms with Crippen molar-refractivity contribution in [3.8, 4) is 16.3 Å². The van der Waals surface area contributed by atoms with Crippen molar-refractivity contribution in [2.75, 3.05) is 19.0 Å². The Balaban J connectivity index is 1.47. The summed E-state index contributed by atoms with van der Waals surface area (Å²) in [6.07, 6.45) is 0.485. The Morgan fingerprint density at radius 1 is 1.07 bits per heavy atom. The van der Waals surface area contributed by atoms with Crippen molar-refractivity contribution < 1.29 is 18.7 Å². The van der Waals surface area contributed by atoms with Gasteiger partial charge in [-0.05, 0) is 48.5 Å². The zero-order valence-electron chi connectivity index (χ0n) is 15.1. The SMILES string of the molecule is COc1ccc(NC(=O)C(=O)NCCc2csc(-c3ccc(F)cc3)n2)cc1. The van der Waals surface area contributed by atoms with Crippen LogP contribution in [0.25, 0.3) is 10.6 Å². The highest BCUT2D eigenvalue weighted by atomic mass is 32.1. The monoisotopic (exact) mass is 399 g/mol. The lowest BCUT2D eigenvalue weighted by Crippen LogP contribution is -2.36. The molecule has 0 aliphatic heterocycles. The molecule has 0 saturated heterocycles. The number of nitrogens with zero attached hydrogens (tertiary/aromatic N) is 1. The summed E-state index contributed by atoms with van der Waals surface area (Å²) in [5.41, 5.74) is 2.13. The first kappa shape index (κ1) is 19.5. The van der Waals surface area contributed by atoms with Gasteiger partial charge in [0.2, 0.25) is 0 Å². The summed E-state index contributed by atoms with van der Waals surface area (Å²) in [4.78, 5) is 28.3. The minimum atomic E-state index is -0.740. The van der Waals surface area contributed by atoms with Gasteiger partial charge in [-0.3, -0.25) is 9.59 Å². The van der Waals surface area contributed by atoms with Crippen LogP contribution in [0.4, 0.5) is 10.1 Å². The number of thiazole rings is 1. The zero-order chi connectivity index (χ0) is 19.9. The first-order valence-electron chi connectivity index (χ1n) is 8.49. The Morgan fingerprint density at radius 2 is 1.79 bits per heavy atom. The average molecular weight is 399 g/mol. The molecule has 1 aromatic heterocycles. The molecular formula is C20H18FN3O3S. The second kappa shape index (κ2) is 9.09. The Kier molecular flexibility index (Phi) is 6.33. The van der Waals surface area contributed by atoms with Gasteiger partial charge in [0, 0.05) is 29.6 Å². The number of carbonyl (C=O) groups is 2. The third-order valence-corrected chi connectivity index (χ3v) is 4.80. The van der Waals surface area contributed by atoms with Gasteiger partial charge < -0.3 is 15.4 Å². The van der Waals surface area contributed by atoms with E-state index in [1.165, 1.54) is 23.5 Å². The van der Waals surface area contributed by atoms with Crippen LogP contribution in [0.15, 0.2) is 53.9 Å². The van der Waals surface area contributed by atoms with Crippen LogP contribution in [0.2, 0.25) is 0 Å². The van der Waals surface area contributed by atoms with Crippen molar-refractivity contribution in [1.82, 2.24) is 10.3 Å². The molecule has 0 aliphatic rings. The number of hydrogen-bond acceptors (Lipinski definition) is 5. The molecule has 144 valence electrons. The molecule has 0 spiro atoms. The highest BCUT2D eigenvalue weighted by molar-refractivity contribution is 7.13. The normalized spacial score (nSPS) is 10.4. The van der Waals surface area contributed by atoms with E-state index in [2.05, 4.69) is 15.6 Å². The number of methoxy groups -OCH3 is 1. The lowest BCUT2D eigenvalue weighted by molar-refractivity contribution is -0.136.